The van der Waals surface area contributed by atoms with E-state index in [1.165, 1.54) is 27.6 Å². The Hall–Kier alpha value is -2.09. The topological polar surface area (TPSA) is 17.8 Å². The maximum atomic E-state index is 4.33. The summed E-state index contributed by atoms with van der Waals surface area (Å²) in [5.41, 5.74) is 5.47. The fraction of sp³-hybridized carbons (Fsp3) is 0.316. The van der Waals surface area contributed by atoms with Gasteiger partial charge in [-0.25, -0.2) is 0 Å². The Balaban J connectivity index is 2.09. The molecule has 0 N–H and O–H groups in total. The van der Waals surface area contributed by atoms with Crippen LogP contribution < -0.4 is 0 Å². The molecule has 3 aromatic rings. The van der Waals surface area contributed by atoms with Crippen molar-refractivity contribution in [2.45, 2.75) is 27.2 Å². The zero-order valence-corrected chi connectivity index (χ0v) is 13.2. The van der Waals surface area contributed by atoms with Crippen molar-refractivity contribution >= 4 is 10.9 Å². The summed E-state index contributed by atoms with van der Waals surface area (Å²) in [4.78, 5) is 0. The Morgan fingerprint density at radius 3 is 2.57 bits per heavy atom. The molecular formula is C19H22N2. The van der Waals surface area contributed by atoms with Crippen molar-refractivity contribution in [1.29, 1.82) is 0 Å². The van der Waals surface area contributed by atoms with Crippen LogP contribution in [0.25, 0.3) is 22.0 Å². The lowest BCUT2D eigenvalue weighted by Crippen LogP contribution is -2.09. The number of aromatic nitrogens is 2. The van der Waals surface area contributed by atoms with Gasteiger partial charge in [-0.3, -0.25) is 4.68 Å². The van der Waals surface area contributed by atoms with Gasteiger partial charge < -0.3 is 0 Å². The molecule has 2 nitrogen and oxygen atoms in total. The lowest BCUT2D eigenvalue weighted by Gasteiger charge is -2.20. The van der Waals surface area contributed by atoms with E-state index in [0.29, 0.717) is 0 Å². The normalized spacial score (nSPS) is 12.0. The molecule has 0 amide bonds. The van der Waals surface area contributed by atoms with Gasteiger partial charge in [0.2, 0.25) is 0 Å². The van der Waals surface area contributed by atoms with E-state index >= 15 is 0 Å². The van der Waals surface area contributed by atoms with Gasteiger partial charge in [-0.1, -0.05) is 51.1 Å². The van der Waals surface area contributed by atoms with Gasteiger partial charge >= 0.3 is 0 Å². The summed E-state index contributed by atoms with van der Waals surface area (Å²) in [5, 5.41) is 5.52. The van der Waals surface area contributed by atoms with Crippen LogP contribution in [0.1, 0.15) is 26.3 Å². The second-order valence-electron chi connectivity index (χ2n) is 6.94. The largest absolute Gasteiger partial charge is 0.268 e. The van der Waals surface area contributed by atoms with Crippen molar-refractivity contribution in [2.75, 3.05) is 0 Å². The fourth-order valence-electron chi connectivity index (χ4n) is 2.86. The second-order valence-corrected chi connectivity index (χ2v) is 6.94. The Morgan fingerprint density at radius 2 is 1.81 bits per heavy atom. The lowest BCUT2D eigenvalue weighted by atomic mass is 9.85. The maximum Gasteiger partial charge on any atom is 0.0679 e. The number of nitrogens with zero attached hydrogens (tertiary/aromatic N) is 2. The summed E-state index contributed by atoms with van der Waals surface area (Å²) < 4.78 is 1.92. The Labute approximate surface area is 126 Å². The average Bonchev–Trinajstić information content (AvgIpc) is 2.79. The van der Waals surface area contributed by atoms with Crippen molar-refractivity contribution in [1.82, 2.24) is 9.78 Å². The zero-order valence-electron chi connectivity index (χ0n) is 13.2. The van der Waals surface area contributed by atoms with E-state index in [1.807, 2.05) is 17.9 Å². The van der Waals surface area contributed by atoms with Gasteiger partial charge in [0.05, 0.1) is 11.7 Å². The molecule has 0 aliphatic heterocycles. The fourth-order valence-corrected chi connectivity index (χ4v) is 2.86. The van der Waals surface area contributed by atoms with Crippen molar-refractivity contribution in [3.63, 3.8) is 0 Å². The van der Waals surface area contributed by atoms with Crippen molar-refractivity contribution in [3.05, 3.63) is 54.2 Å². The minimum absolute atomic E-state index is 0.286. The molecule has 0 saturated carbocycles. The second kappa shape index (κ2) is 5.03. The Morgan fingerprint density at radius 1 is 1.05 bits per heavy atom. The number of rotatable bonds is 2. The molecule has 2 aromatic carbocycles. The summed E-state index contributed by atoms with van der Waals surface area (Å²) in [6.07, 6.45) is 3.01. The molecule has 0 spiro atoms. The van der Waals surface area contributed by atoms with Gasteiger partial charge in [-0.15, -0.1) is 0 Å². The minimum atomic E-state index is 0.286. The molecule has 0 fully saturated rings. The quantitative estimate of drug-likeness (QED) is 0.656. The molecule has 0 atom stereocenters. The third kappa shape index (κ3) is 2.85. The summed E-state index contributed by atoms with van der Waals surface area (Å²) in [6, 6.07) is 15.3. The lowest BCUT2D eigenvalue weighted by molar-refractivity contribution is 0.412. The van der Waals surface area contributed by atoms with E-state index < -0.39 is 0 Å². The van der Waals surface area contributed by atoms with Crippen molar-refractivity contribution in [3.8, 4) is 11.1 Å². The van der Waals surface area contributed by atoms with Crippen LogP contribution in [0.5, 0.6) is 0 Å². The molecule has 0 aliphatic rings. The molecule has 108 valence electrons. The SMILES string of the molecule is Cn1ncc2cc(-c3ccccc3CC(C)(C)C)ccc21. The van der Waals surface area contributed by atoms with Crippen LogP contribution in [0, 0.1) is 5.41 Å². The van der Waals surface area contributed by atoms with Crippen LogP contribution in [0.4, 0.5) is 0 Å². The third-order valence-electron chi connectivity index (χ3n) is 3.80. The van der Waals surface area contributed by atoms with E-state index in [2.05, 4.69) is 68.3 Å². The molecule has 21 heavy (non-hydrogen) atoms. The molecule has 2 heteroatoms. The van der Waals surface area contributed by atoms with Gasteiger partial charge in [0, 0.05) is 12.4 Å². The standard InChI is InChI=1S/C19H22N2/c1-19(2,3)12-15-7-5-6-8-17(15)14-9-10-18-16(11-14)13-20-21(18)4/h5-11,13H,12H2,1-4H3. The average molecular weight is 278 g/mol. The van der Waals surface area contributed by atoms with Gasteiger partial charge in [-0.05, 0) is 40.7 Å². The summed E-state index contributed by atoms with van der Waals surface area (Å²) in [5.74, 6) is 0. The zero-order chi connectivity index (χ0) is 15.0. The van der Waals surface area contributed by atoms with Gasteiger partial charge in [0.1, 0.15) is 0 Å². The monoisotopic (exact) mass is 278 g/mol. The van der Waals surface area contributed by atoms with Gasteiger partial charge in [0.25, 0.3) is 0 Å². The molecule has 0 unspecified atom stereocenters. The van der Waals surface area contributed by atoms with Crippen LogP contribution in [0.3, 0.4) is 0 Å². The van der Waals surface area contributed by atoms with Gasteiger partial charge in [-0.2, -0.15) is 5.10 Å². The number of fused-ring (bicyclic) bond motifs is 1. The number of benzene rings is 2. The first-order valence-corrected chi connectivity index (χ1v) is 7.44. The van der Waals surface area contributed by atoms with E-state index in [0.717, 1.165) is 6.42 Å². The van der Waals surface area contributed by atoms with Crippen LogP contribution in [-0.2, 0) is 13.5 Å². The van der Waals surface area contributed by atoms with E-state index in [-0.39, 0.29) is 5.41 Å². The summed E-state index contributed by atoms with van der Waals surface area (Å²) >= 11 is 0. The first-order chi connectivity index (χ1) is 9.94. The van der Waals surface area contributed by atoms with E-state index in [4.69, 9.17) is 0 Å². The molecule has 0 bridgehead atoms. The third-order valence-corrected chi connectivity index (χ3v) is 3.80. The summed E-state index contributed by atoms with van der Waals surface area (Å²) in [7, 11) is 1.98. The molecule has 0 aliphatic carbocycles. The highest BCUT2D eigenvalue weighted by Gasteiger charge is 2.15. The van der Waals surface area contributed by atoms with Crippen LogP contribution >= 0.6 is 0 Å². The predicted molar refractivity (Wildman–Crippen MR) is 89.3 cm³/mol. The number of hydrogen-bond donors (Lipinski definition) is 0. The first-order valence-electron chi connectivity index (χ1n) is 7.44. The number of hydrogen-bond acceptors (Lipinski definition) is 1. The molecule has 3 rings (SSSR count). The highest BCUT2D eigenvalue weighted by molar-refractivity contribution is 5.85. The van der Waals surface area contributed by atoms with Crippen LogP contribution in [0.15, 0.2) is 48.7 Å². The number of aryl methyl sites for hydroxylation is 1. The van der Waals surface area contributed by atoms with E-state index in [1.54, 1.807) is 0 Å². The Kier molecular flexibility index (Phi) is 3.32. The first kappa shape index (κ1) is 13.9. The molecule has 0 saturated heterocycles. The van der Waals surface area contributed by atoms with E-state index in [9.17, 15) is 0 Å². The molecule has 1 aromatic heterocycles. The Bertz CT molecular complexity index is 776. The van der Waals surface area contributed by atoms with Gasteiger partial charge in [0.15, 0.2) is 0 Å². The van der Waals surface area contributed by atoms with Crippen molar-refractivity contribution in [2.24, 2.45) is 12.5 Å². The summed E-state index contributed by atoms with van der Waals surface area (Å²) in [6.45, 7) is 6.86. The predicted octanol–water partition coefficient (Wildman–Crippen LogP) is 4.83. The maximum absolute atomic E-state index is 4.33. The minimum Gasteiger partial charge on any atom is -0.268 e. The van der Waals surface area contributed by atoms with Crippen LogP contribution in [0.2, 0.25) is 0 Å². The van der Waals surface area contributed by atoms with Crippen molar-refractivity contribution < 1.29 is 0 Å². The molecule has 1 heterocycles. The van der Waals surface area contributed by atoms with Crippen LogP contribution in [-0.4, -0.2) is 9.78 Å². The highest BCUT2D eigenvalue weighted by Crippen LogP contribution is 2.31. The smallest absolute Gasteiger partial charge is 0.0679 e. The molecule has 0 radical (unpaired) electrons. The molecular weight excluding hydrogens is 256 g/mol. The highest BCUT2D eigenvalue weighted by atomic mass is 15.2.